The lowest BCUT2D eigenvalue weighted by molar-refractivity contribution is -0.255. The van der Waals surface area contributed by atoms with Crippen LogP contribution in [0, 0.1) is 19.3 Å². The van der Waals surface area contributed by atoms with Gasteiger partial charge >= 0.3 is 0 Å². The number of aromatic carboxylic acids is 1. The molecule has 0 spiro atoms. The Hall–Kier alpha value is -3.19. The van der Waals surface area contributed by atoms with Crippen molar-refractivity contribution in [2.75, 3.05) is 4.90 Å². The van der Waals surface area contributed by atoms with Crippen LogP contribution < -0.4 is 10.0 Å². The first-order chi connectivity index (χ1) is 12.8. The Labute approximate surface area is 159 Å². The maximum absolute atomic E-state index is 12.5. The van der Waals surface area contributed by atoms with Gasteiger partial charge in [0.05, 0.1) is 17.2 Å². The van der Waals surface area contributed by atoms with Crippen molar-refractivity contribution in [1.82, 2.24) is 0 Å². The smallest absolute Gasteiger partial charge is 0.283 e. The van der Waals surface area contributed by atoms with Crippen molar-refractivity contribution in [3.05, 3.63) is 64.2 Å². The number of aryl methyl sites for hydroxylation is 2. The number of nitrogens with one attached hydrogen (secondary N) is 1. The number of carboxylic acid groups (broad SMARTS) is 1. The molecule has 2 aromatic carbocycles. The zero-order valence-corrected chi connectivity index (χ0v) is 15.4. The van der Waals surface area contributed by atoms with E-state index in [2.05, 4.69) is 4.99 Å². The third-order valence-corrected chi connectivity index (χ3v) is 5.58. The molecule has 27 heavy (non-hydrogen) atoms. The van der Waals surface area contributed by atoms with E-state index in [1.165, 1.54) is 23.9 Å². The predicted octanol–water partition coefficient (Wildman–Crippen LogP) is 2.54. The minimum Gasteiger partial charge on any atom is -0.545 e. The molecule has 0 fully saturated rings. The molecule has 0 aromatic heterocycles. The summed E-state index contributed by atoms with van der Waals surface area (Å²) in [6, 6.07) is 9.98. The second-order valence-electron chi connectivity index (χ2n) is 6.36. The number of rotatable bonds is 2. The highest BCUT2D eigenvalue weighted by Gasteiger charge is 2.37. The third kappa shape index (κ3) is 2.86. The van der Waals surface area contributed by atoms with Gasteiger partial charge in [-0.25, -0.2) is 0 Å². The molecular weight excluding hydrogens is 362 g/mol. The van der Waals surface area contributed by atoms with Crippen molar-refractivity contribution < 1.29 is 14.7 Å². The Kier molecular flexibility index (Phi) is 3.96. The van der Waals surface area contributed by atoms with Crippen molar-refractivity contribution in [3.63, 3.8) is 0 Å². The number of carbonyl (C=O) groups excluding carboxylic acids is 2. The van der Waals surface area contributed by atoms with E-state index in [9.17, 15) is 14.7 Å². The SMILES string of the molecule is Cc1cc2c(cc1C)N1C(=N)/C(=C\c3ccc(C(=O)[O-])cc3)C(=O)N=C1S2. The standard InChI is InChI=1S/C20H15N3O3S/c1-10-7-15-16(8-11(10)2)27-20-22-18(24)14(17(21)23(15)20)9-12-3-5-13(6-4-12)19(25)26/h3-9,21H,1-2H3,(H,25,26)/p-1/b14-9+,21-17?. The molecular formula is C20H14N3O3S-. The summed E-state index contributed by atoms with van der Waals surface area (Å²) < 4.78 is 0. The van der Waals surface area contributed by atoms with Gasteiger partial charge in [-0.1, -0.05) is 24.3 Å². The van der Waals surface area contributed by atoms with Crippen LogP contribution in [0.3, 0.4) is 0 Å². The zero-order chi connectivity index (χ0) is 19.3. The van der Waals surface area contributed by atoms with E-state index in [-0.39, 0.29) is 17.0 Å². The van der Waals surface area contributed by atoms with Crippen LogP contribution in [0.5, 0.6) is 0 Å². The average molecular weight is 376 g/mol. The van der Waals surface area contributed by atoms with E-state index in [4.69, 9.17) is 5.41 Å². The normalized spacial score (nSPS) is 17.0. The first-order valence-electron chi connectivity index (χ1n) is 8.19. The van der Waals surface area contributed by atoms with Gasteiger partial charge in [0.15, 0.2) is 5.17 Å². The van der Waals surface area contributed by atoms with Gasteiger partial charge in [-0.3, -0.25) is 15.1 Å². The van der Waals surface area contributed by atoms with Crippen LogP contribution in [0.2, 0.25) is 0 Å². The van der Waals surface area contributed by atoms with Crippen LogP contribution in [0.4, 0.5) is 5.69 Å². The van der Waals surface area contributed by atoms with Gasteiger partial charge in [-0.05, 0) is 66.1 Å². The van der Waals surface area contributed by atoms with Crippen molar-refractivity contribution in [2.24, 2.45) is 4.99 Å². The summed E-state index contributed by atoms with van der Waals surface area (Å²) in [5, 5.41) is 19.9. The molecule has 0 atom stereocenters. The molecule has 6 nitrogen and oxygen atoms in total. The van der Waals surface area contributed by atoms with Crippen LogP contribution in [0.1, 0.15) is 27.0 Å². The van der Waals surface area contributed by atoms with Gasteiger partial charge in [0.1, 0.15) is 5.84 Å². The van der Waals surface area contributed by atoms with E-state index >= 15 is 0 Å². The molecule has 4 rings (SSSR count). The first kappa shape index (κ1) is 17.2. The predicted molar refractivity (Wildman–Crippen MR) is 103 cm³/mol. The zero-order valence-electron chi connectivity index (χ0n) is 14.6. The number of carboxylic acids is 1. The molecule has 2 aliphatic rings. The number of thioether (sulfide) groups is 1. The fourth-order valence-corrected chi connectivity index (χ4v) is 4.04. The molecule has 0 aliphatic carbocycles. The third-order valence-electron chi connectivity index (χ3n) is 4.57. The van der Waals surface area contributed by atoms with Crippen LogP contribution in [-0.4, -0.2) is 22.9 Å². The summed E-state index contributed by atoms with van der Waals surface area (Å²) in [5.41, 5.74) is 3.91. The number of amidine groups is 2. The summed E-state index contributed by atoms with van der Waals surface area (Å²) in [6.45, 7) is 4.02. The molecule has 0 saturated heterocycles. The molecule has 1 N–H and O–H groups in total. The minimum atomic E-state index is -1.26. The summed E-state index contributed by atoms with van der Waals surface area (Å²) in [6.07, 6.45) is 1.55. The first-order valence-corrected chi connectivity index (χ1v) is 9.01. The molecule has 7 heteroatoms. The van der Waals surface area contributed by atoms with Crippen LogP contribution in [0.25, 0.3) is 6.08 Å². The van der Waals surface area contributed by atoms with E-state index in [1.807, 2.05) is 26.0 Å². The van der Waals surface area contributed by atoms with Gasteiger partial charge in [-0.15, -0.1) is 0 Å². The molecule has 2 aliphatic heterocycles. The number of benzene rings is 2. The Balaban J connectivity index is 1.75. The minimum absolute atomic E-state index is 0.0539. The number of fused-ring (bicyclic) bond motifs is 3. The van der Waals surface area contributed by atoms with Crippen molar-refractivity contribution in [3.8, 4) is 0 Å². The molecule has 2 heterocycles. The Bertz CT molecular complexity index is 1080. The molecule has 0 unspecified atom stereocenters. The molecule has 0 radical (unpaired) electrons. The summed E-state index contributed by atoms with van der Waals surface area (Å²) in [5.74, 6) is -1.69. The van der Waals surface area contributed by atoms with Crippen LogP contribution in [-0.2, 0) is 4.79 Å². The number of hydrogen-bond donors (Lipinski definition) is 1. The lowest BCUT2D eigenvalue weighted by Gasteiger charge is -2.24. The van der Waals surface area contributed by atoms with E-state index < -0.39 is 11.9 Å². The Morgan fingerprint density at radius 2 is 1.85 bits per heavy atom. The summed E-state index contributed by atoms with van der Waals surface area (Å²) >= 11 is 1.38. The fraction of sp³-hybridized carbons (Fsp3) is 0.100. The van der Waals surface area contributed by atoms with Gasteiger partial charge < -0.3 is 9.90 Å². The number of amides is 1. The highest BCUT2D eigenvalue weighted by molar-refractivity contribution is 8.15. The maximum Gasteiger partial charge on any atom is 0.283 e. The quantitative estimate of drug-likeness (QED) is 0.813. The molecule has 0 saturated carbocycles. The topological polar surface area (TPSA) is 96.6 Å². The second-order valence-corrected chi connectivity index (χ2v) is 7.37. The van der Waals surface area contributed by atoms with Crippen molar-refractivity contribution in [2.45, 2.75) is 18.7 Å². The average Bonchev–Trinajstić information content (AvgIpc) is 2.96. The lowest BCUT2D eigenvalue weighted by Crippen LogP contribution is -2.39. The van der Waals surface area contributed by atoms with Gasteiger partial charge in [0.25, 0.3) is 5.91 Å². The number of anilines is 1. The number of aliphatic imine (C=N–C) groups is 1. The highest BCUT2D eigenvalue weighted by Crippen LogP contribution is 2.44. The van der Waals surface area contributed by atoms with E-state index in [0.29, 0.717) is 10.7 Å². The van der Waals surface area contributed by atoms with Crippen LogP contribution in [0.15, 0.2) is 51.9 Å². The van der Waals surface area contributed by atoms with Gasteiger partial charge in [-0.2, -0.15) is 4.99 Å². The fourth-order valence-electron chi connectivity index (χ4n) is 2.95. The van der Waals surface area contributed by atoms with E-state index in [1.54, 1.807) is 23.1 Å². The monoisotopic (exact) mass is 376 g/mol. The number of hydrogen-bond acceptors (Lipinski definition) is 5. The second kappa shape index (κ2) is 6.21. The number of nitrogens with zero attached hydrogens (tertiary/aromatic N) is 2. The Morgan fingerprint density at radius 1 is 1.19 bits per heavy atom. The number of carbonyl (C=O) groups is 2. The van der Waals surface area contributed by atoms with Gasteiger partial charge in [0.2, 0.25) is 0 Å². The molecule has 0 bridgehead atoms. The largest absolute Gasteiger partial charge is 0.545 e. The maximum atomic E-state index is 12.5. The molecule has 1 amide bonds. The van der Waals surface area contributed by atoms with Crippen molar-refractivity contribution >= 4 is 46.4 Å². The van der Waals surface area contributed by atoms with Crippen LogP contribution >= 0.6 is 11.8 Å². The summed E-state index contributed by atoms with van der Waals surface area (Å²) in [7, 11) is 0. The van der Waals surface area contributed by atoms with Gasteiger partial charge in [0, 0.05) is 4.90 Å². The highest BCUT2D eigenvalue weighted by atomic mass is 32.2. The Morgan fingerprint density at radius 3 is 2.52 bits per heavy atom. The van der Waals surface area contributed by atoms with Crippen molar-refractivity contribution in [1.29, 1.82) is 5.41 Å². The van der Waals surface area contributed by atoms with E-state index in [0.717, 1.165) is 21.7 Å². The molecule has 134 valence electrons. The lowest BCUT2D eigenvalue weighted by atomic mass is 10.0. The molecule has 2 aromatic rings. The summed E-state index contributed by atoms with van der Waals surface area (Å²) in [4.78, 5) is 30.1.